The number of carbonyl (C=O) groups is 1. The first-order chi connectivity index (χ1) is 12.8. The van der Waals surface area contributed by atoms with Crippen molar-refractivity contribution < 1.29 is 4.79 Å². The van der Waals surface area contributed by atoms with Crippen LogP contribution in [-0.4, -0.2) is 20.5 Å². The molecule has 0 aliphatic heterocycles. The molecular weight excluding hydrogens is 326 g/mol. The number of hydrogen-bond acceptors (Lipinski definition) is 4. The van der Waals surface area contributed by atoms with E-state index in [2.05, 4.69) is 20.7 Å². The third-order valence-electron chi connectivity index (χ3n) is 3.96. The molecular formula is C20H17N5O. The molecule has 2 heterocycles. The van der Waals surface area contributed by atoms with Crippen molar-refractivity contribution in [1.82, 2.24) is 14.6 Å². The van der Waals surface area contributed by atoms with E-state index in [1.54, 1.807) is 10.7 Å². The molecule has 26 heavy (non-hydrogen) atoms. The summed E-state index contributed by atoms with van der Waals surface area (Å²) in [5.41, 5.74) is 2.83. The van der Waals surface area contributed by atoms with Crippen molar-refractivity contribution in [3.8, 4) is 0 Å². The van der Waals surface area contributed by atoms with Crippen LogP contribution in [0.1, 0.15) is 15.9 Å². The first-order valence-corrected chi connectivity index (χ1v) is 8.28. The number of amides is 1. The van der Waals surface area contributed by atoms with Crippen LogP contribution in [-0.2, 0) is 6.54 Å². The lowest BCUT2D eigenvalue weighted by molar-refractivity contribution is 0.102. The number of para-hydroxylation sites is 1. The second kappa shape index (κ2) is 7.06. The van der Waals surface area contributed by atoms with Gasteiger partial charge in [0.1, 0.15) is 11.4 Å². The van der Waals surface area contributed by atoms with Crippen molar-refractivity contribution in [3.05, 3.63) is 90.3 Å². The van der Waals surface area contributed by atoms with Gasteiger partial charge in [-0.1, -0.05) is 48.5 Å². The van der Waals surface area contributed by atoms with Gasteiger partial charge >= 0.3 is 0 Å². The number of nitrogens with one attached hydrogen (secondary N) is 2. The van der Waals surface area contributed by atoms with Gasteiger partial charge in [-0.15, -0.1) is 0 Å². The second-order valence-electron chi connectivity index (χ2n) is 5.80. The molecule has 4 rings (SSSR count). The van der Waals surface area contributed by atoms with E-state index in [9.17, 15) is 4.79 Å². The summed E-state index contributed by atoms with van der Waals surface area (Å²) in [4.78, 5) is 17.1. The van der Waals surface area contributed by atoms with Gasteiger partial charge in [0.2, 0.25) is 0 Å². The van der Waals surface area contributed by atoms with Crippen LogP contribution in [0.3, 0.4) is 0 Å². The van der Waals surface area contributed by atoms with Crippen LogP contribution in [0.15, 0.2) is 79.1 Å². The Bertz CT molecular complexity index is 1030. The highest BCUT2D eigenvalue weighted by Crippen LogP contribution is 2.15. The molecule has 0 bridgehead atoms. The molecule has 6 nitrogen and oxygen atoms in total. The fraction of sp³-hybridized carbons (Fsp3) is 0.0500. The molecule has 2 aromatic carbocycles. The van der Waals surface area contributed by atoms with Crippen LogP contribution < -0.4 is 10.6 Å². The summed E-state index contributed by atoms with van der Waals surface area (Å²) < 4.78 is 1.59. The number of fused-ring (bicyclic) bond motifs is 1. The number of anilines is 2. The van der Waals surface area contributed by atoms with E-state index in [-0.39, 0.29) is 5.91 Å². The van der Waals surface area contributed by atoms with Gasteiger partial charge in [-0.3, -0.25) is 4.79 Å². The molecule has 0 atom stereocenters. The first-order valence-electron chi connectivity index (χ1n) is 8.28. The van der Waals surface area contributed by atoms with Crippen molar-refractivity contribution >= 4 is 23.1 Å². The number of aromatic nitrogens is 3. The minimum absolute atomic E-state index is 0.237. The van der Waals surface area contributed by atoms with Gasteiger partial charge in [-0.2, -0.15) is 5.10 Å². The van der Waals surface area contributed by atoms with Gasteiger partial charge < -0.3 is 10.6 Å². The molecule has 0 radical (unpaired) electrons. The van der Waals surface area contributed by atoms with E-state index in [0.717, 1.165) is 11.3 Å². The fourth-order valence-corrected chi connectivity index (χ4v) is 2.64. The van der Waals surface area contributed by atoms with Crippen molar-refractivity contribution in [1.29, 1.82) is 0 Å². The highest BCUT2D eigenvalue weighted by atomic mass is 16.1. The zero-order valence-electron chi connectivity index (χ0n) is 14.0. The van der Waals surface area contributed by atoms with Crippen molar-refractivity contribution in [3.63, 3.8) is 0 Å². The normalized spacial score (nSPS) is 10.6. The first kappa shape index (κ1) is 15.8. The fourth-order valence-electron chi connectivity index (χ4n) is 2.64. The molecule has 4 aromatic rings. The summed E-state index contributed by atoms with van der Waals surface area (Å²) in [5, 5.41) is 10.3. The van der Waals surface area contributed by atoms with Crippen LogP contribution in [0, 0.1) is 0 Å². The Morgan fingerprint density at radius 2 is 1.69 bits per heavy atom. The van der Waals surface area contributed by atoms with Gasteiger partial charge in [0.15, 0.2) is 5.65 Å². The van der Waals surface area contributed by atoms with E-state index < -0.39 is 0 Å². The Balaban J connectivity index is 1.55. The zero-order valence-corrected chi connectivity index (χ0v) is 14.0. The summed E-state index contributed by atoms with van der Waals surface area (Å²) in [6, 6.07) is 21.2. The average Bonchev–Trinajstić information content (AvgIpc) is 3.11. The maximum atomic E-state index is 12.6. The van der Waals surface area contributed by atoms with E-state index in [4.69, 9.17) is 0 Å². The predicted molar refractivity (Wildman–Crippen MR) is 101 cm³/mol. The molecule has 2 N–H and O–H groups in total. The number of rotatable bonds is 5. The Morgan fingerprint density at radius 3 is 2.46 bits per heavy atom. The molecule has 0 saturated carbocycles. The molecule has 0 aliphatic rings. The van der Waals surface area contributed by atoms with E-state index in [0.29, 0.717) is 23.6 Å². The topological polar surface area (TPSA) is 71.3 Å². The standard InChI is InChI=1S/C20H17N5O/c26-20(23-16-9-5-2-6-10-16)17-14-22-25-12-11-18(24-19(17)25)21-13-15-7-3-1-4-8-15/h1-12,14H,13H2,(H,21,24)(H,23,26). The minimum atomic E-state index is -0.237. The summed E-state index contributed by atoms with van der Waals surface area (Å²) in [6.07, 6.45) is 3.32. The van der Waals surface area contributed by atoms with Crippen molar-refractivity contribution in [2.24, 2.45) is 0 Å². The maximum Gasteiger partial charge on any atom is 0.261 e. The molecule has 0 aliphatic carbocycles. The van der Waals surface area contributed by atoms with Gasteiger partial charge in [0.05, 0.1) is 6.20 Å². The summed E-state index contributed by atoms with van der Waals surface area (Å²) >= 11 is 0. The summed E-state index contributed by atoms with van der Waals surface area (Å²) in [6.45, 7) is 0.656. The van der Waals surface area contributed by atoms with Crippen LogP contribution in [0.4, 0.5) is 11.5 Å². The summed E-state index contributed by atoms with van der Waals surface area (Å²) in [5.74, 6) is 0.453. The Hall–Kier alpha value is -3.67. The monoisotopic (exact) mass is 343 g/mol. The van der Waals surface area contributed by atoms with Crippen LogP contribution >= 0.6 is 0 Å². The molecule has 0 spiro atoms. The van der Waals surface area contributed by atoms with Gasteiger partial charge in [-0.25, -0.2) is 9.50 Å². The van der Waals surface area contributed by atoms with E-state index >= 15 is 0 Å². The second-order valence-corrected chi connectivity index (χ2v) is 5.80. The Labute approximate surface area is 150 Å². The Morgan fingerprint density at radius 1 is 0.962 bits per heavy atom. The lowest BCUT2D eigenvalue weighted by Gasteiger charge is -2.07. The lowest BCUT2D eigenvalue weighted by atomic mass is 10.2. The zero-order chi connectivity index (χ0) is 17.8. The highest BCUT2D eigenvalue weighted by molar-refractivity contribution is 6.08. The van der Waals surface area contributed by atoms with Gasteiger partial charge in [0.25, 0.3) is 5.91 Å². The smallest absolute Gasteiger partial charge is 0.261 e. The Kier molecular flexibility index (Phi) is 4.30. The SMILES string of the molecule is O=C(Nc1ccccc1)c1cnn2ccc(NCc3ccccc3)nc12. The minimum Gasteiger partial charge on any atom is -0.366 e. The van der Waals surface area contributed by atoms with E-state index in [1.807, 2.05) is 66.7 Å². The van der Waals surface area contributed by atoms with Crippen molar-refractivity contribution in [2.75, 3.05) is 10.6 Å². The third kappa shape index (κ3) is 3.39. The molecule has 0 saturated heterocycles. The maximum absolute atomic E-state index is 12.6. The molecule has 0 fully saturated rings. The number of benzene rings is 2. The third-order valence-corrected chi connectivity index (χ3v) is 3.96. The number of hydrogen-bond donors (Lipinski definition) is 2. The quantitative estimate of drug-likeness (QED) is 0.581. The molecule has 0 unspecified atom stereocenters. The van der Waals surface area contributed by atoms with Crippen LogP contribution in [0.5, 0.6) is 0 Å². The molecule has 2 aromatic heterocycles. The van der Waals surface area contributed by atoms with E-state index in [1.165, 1.54) is 6.20 Å². The number of carbonyl (C=O) groups excluding carboxylic acids is 1. The van der Waals surface area contributed by atoms with Crippen LogP contribution in [0.2, 0.25) is 0 Å². The largest absolute Gasteiger partial charge is 0.366 e. The molecule has 6 heteroatoms. The number of nitrogens with zero attached hydrogens (tertiary/aromatic N) is 3. The highest BCUT2D eigenvalue weighted by Gasteiger charge is 2.14. The lowest BCUT2D eigenvalue weighted by Crippen LogP contribution is -2.12. The van der Waals surface area contributed by atoms with Gasteiger partial charge in [-0.05, 0) is 23.8 Å². The molecule has 1 amide bonds. The van der Waals surface area contributed by atoms with Crippen molar-refractivity contribution in [2.45, 2.75) is 6.54 Å². The molecule has 128 valence electrons. The summed E-state index contributed by atoms with van der Waals surface area (Å²) in [7, 11) is 0. The average molecular weight is 343 g/mol. The van der Waals surface area contributed by atoms with Crippen LogP contribution in [0.25, 0.3) is 5.65 Å². The predicted octanol–water partition coefficient (Wildman–Crippen LogP) is 3.59. The van der Waals surface area contributed by atoms with Gasteiger partial charge in [0, 0.05) is 18.4 Å².